The molecule has 0 radical (unpaired) electrons. The Hall–Kier alpha value is -1.23. The second kappa shape index (κ2) is 5.20. The number of aromatic nitrogens is 1. The topological polar surface area (TPSA) is 45.1 Å². The summed E-state index contributed by atoms with van der Waals surface area (Å²) < 4.78 is 0. The maximum atomic E-state index is 10.8. The lowest BCUT2D eigenvalue weighted by Gasteiger charge is -2.24. The van der Waals surface area contributed by atoms with Crippen molar-refractivity contribution in [1.82, 2.24) is 10.3 Å². The molecule has 1 atom stereocenters. The standard InChI is InChI=1S/C17H20N2OS/c20-17(8-7-12-3-1-2-4-15(12)17)11-18-9-14-10-21-16(19-14)13-5-6-13/h1-4,10,13,18,20H,5-9,11H2. The van der Waals surface area contributed by atoms with Crippen molar-refractivity contribution >= 4 is 11.3 Å². The third kappa shape index (κ3) is 2.63. The second-order valence-electron chi connectivity index (χ2n) is 6.24. The number of thiazole rings is 1. The molecule has 2 aliphatic carbocycles. The minimum Gasteiger partial charge on any atom is -0.384 e. The van der Waals surface area contributed by atoms with Gasteiger partial charge < -0.3 is 10.4 Å². The highest BCUT2D eigenvalue weighted by molar-refractivity contribution is 7.09. The van der Waals surface area contributed by atoms with Gasteiger partial charge in [0, 0.05) is 24.4 Å². The highest BCUT2D eigenvalue weighted by Gasteiger charge is 2.35. The number of nitrogens with zero attached hydrogens (tertiary/aromatic N) is 1. The van der Waals surface area contributed by atoms with Gasteiger partial charge in [-0.2, -0.15) is 0 Å². The van der Waals surface area contributed by atoms with Crippen LogP contribution in [-0.2, 0) is 18.6 Å². The molecule has 0 bridgehead atoms. The van der Waals surface area contributed by atoms with Crippen LogP contribution in [0.3, 0.4) is 0 Å². The molecule has 1 fully saturated rings. The molecule has 3 nitrogen and oxygen atoms in total. The van der Waals surface area contributed by atoms with Gasteiger partial charge in [-0.05, 0) is 36.8 Å². The zero-order chi connectivity index (χ0) is 14.3. The van der Waals surface area contributed by atoms with Crippen molar-refractivity contribution in [3.63, 3.8) is 0 Å². The average molecular weight is 300 g/mol. The van der Waals surface area contributed by atoms with E-state index in [0.717, 1.165) is 36.6 Å². The summed E-state index contributed by atoms with van der Waals surface area (Å²) in [5.74, 6) is 0.731. The molecule has 0 saturated heterocycles. The maximum absolute atomic E-state index is 10.8. The van der Waals surface area contributed by atoms with E-state index in [-0.39, 0.29) is 0 Å². The minimum atomic E-state index is -0.716. The quantitative estimate of drug-likeness (QED) is 0.892. The zero-order valence-electron chi connectivity index (χ0n) is 12.0. The lowest BCUT2D eigenvalue weighted by Crippen LogP contribution is -2.36. The summed E-state index contributed by atoms with van der Waals surface area (Å²) >= 11 is 1.78. The van der Waals surface area contributed by atoms with E-state index in [0.29, 0.717) is 6.54 Å². The van der Waals surface area contributed by atoms with E-state index >= 15 is 0 Å². The Bertz CT molecular complexity index is 650. The van der Waals surface area contributed by atoms with Gasteiger partial charge in [-0.25, -0.2) is 4.98 Å². The van der Waals surface area contributed by atoms with Crippen molar-refractivity contribution < 1.29 is 5.11 Å². The average Bonchev–Trinajstić information content (AvgIpc) is 3.16. The normalized spacial score (nSPS) is 24.2. The molecule has 4 heteroatoms. The fraction of sp³-hybridized carbons (Fsp3) is 0.471. The Morgan fingerprint density at radius 3 is 3.05 bits per heavy atom. The Morgan fingerprint density at radius 1 is 1.33 bits per heavy atom. The first-order valence-electron chi connectivity index (χ1n) is 7.70. The highest BCUT2D eigenvalue weighted by atomic mass is 32.1. The first-order valence-corrected chi connectivity index (χ1v) is 8.58. The van der Waals surface area contributed by atoms with Crippen molar-refractivity contribution in [3.05, 3.63) is 51.5 Å². The molecule has 2 aliphatic rings. The van der Waals surface area contributed by atoms with Crippen LogP contribution in [0, 0.1) is 0 Å². The summed E-state index contributed by atoms with van der Waals surface area (Å²) in [4.78, 5) is 4.68. The van der Waals surface area contributed by atoms with Gasteiger partial charge in [0.1, 0.15) is 5.60 Å². The van der Waals surface area contributed by atoms with Crippen molar-refractivity contribution in [1.29, 1.82) is 0 Å². The number of fused-ring (bicyclic) bond motifs is 1. The van der Waals surface area contributed by atoms with Crippen LogP contribution in [0.4, 0.5) is 0 Å². The summed E-state index contributed by atoms with van der Waals surface area (Å²) in [6.45, 7) is 1.34. The number of nitrogens with one attached hydrogen (secondary N) is 1. The van der Waals surface area contributed by atoms with E-state index in [4.69, 9.17) is 0 Å². The molecule has 110 valence electrons. The monoisotopic (exact) mass is 300 g/mol. The number of hydrogen-bond acceptors (Lipinski definition) is 4. The first-order chi connectivity index (χ1) is 10.2. The summed E-state index contributed by atoms with van der Waals surface area (Å²) in [7, 11) is 0. The summed E-state index contributed by atoms with van der Waals surface area (Å²) in [6, 6.07) is 8.23. The van der Waals surface area contributed by atoms with Crippen LogP contribution in [0.2, 0.25) is 0 Å². The number of hydrogen-bond donors (Lipinski definition) is 2. The van der Waals surface area contributed by atoms with Crippen LogP contribution in [0.5, 0.6) is 0 Å². The molecule has 2 N–H and O–H groups in total. The van der Waals surface area contributed by atoms with Gasteiger partial charge in [-0.1, -0.05) is 24.3 Å². The van der Waals surface area contributed by atoms with Crippen LogP contribution in [0.25, 0.3) is 0 Å². The second-order valence-corrected chi connectivity index (χ2v) is 7.13. The molecule has 0 spiro atoms. The molecular weight excluding hydrogens is 280 g/mol. The van der Waals surface area contributed by atoms with Crippen LogP contribution >= 0.6 is 11.3 Å². The fourth-order valence-corrected chi connectivity index (χ4v) is 4.16. The summed E-state index contributed by atoms with van der Waals surface area (Å²) in [5, 5.41) is 17.7. The van der Waals surface area contributed by atoms with E-state index in [2.05, 4.69) is 27.8 Å². The predicted octanol–water partition coefficient (Wildman–Crippen LogP) is 2.94. The van der Waals surface area contributed by atoms with Crippen LogP contribution < -0.4 is 5.32 Å². The molecule has 1 aromatic carbocycles. The molecule has 0 aliphatic heterocycles. The Balaban J connectivity index is 1.38. The zero-order valence-corrected chi connectivity index (χ0v) is 12.8. The van der Waals surface area contributed by atoms with Gasteiger partial charge in [0.05, 0.1) is 10.7 Å². The molecule has 1 heterocycles. The molecule has 1 saturated carbocycles. The molecule has 4 rings (SSSR count). The Labute approximate surface area is 129 Å². The molecular formula is C17H20N2OS. The van der Waals surface area contributed by atoms with Gasteiger partial charge in [0.15, 0.2) is 0 Å². The molecule has 1 unspecified atom stereocenters. The van der Waals surface area contributed by atoms with Gasteiger partial charge in [0.25, 0.3) is 0 Å². The van der Waals surface area contributed by atoms with E-state index < -0.39 is 5.60 Å². The summed E-state index contributed by atoms with van der Waals surface area (Å²) in [6.07, 6.45) is 4.38. The van der Waals surface area contributed by atoms with Crippen molar-refractivity contribution in [2.75, 3.05) is 6.54 Å². The maximum Gasteiger partial charge on any atom is 0.103 e. The van der Waals surface area contributed by atoms with Crippen molar-refractivity contribution in [2.45, 2.75) is 43.7 Å². The van der Waals surface area contributed by atoms with Gasteiger partial charge in [-0.15, -0.1) is 11.3 Å². The SMILES string of the molecule is OC1(CNCc2csc(C3CC3)n2)CCc2ccccc21. The number of aliphatic hydroxyl groups is 1. The van der Waals surface area contributed by atoms with Crippen molar-refractivity contribution in [2.24, 2.45) is 0 Å². The van der Waals surface area contributed by atoms with E-state index in [9.17, 15) is 5.11 Å². The number of rotatable bonds is 5. The van der Waals surface area contributed by atoms with E-state index in [1.165, 1.54) is 23.4 Å². The Morgan fingerprint density at radius 2 is 2.19 bits per heavy atom. The summed E-state index contributed by atoms with van der Waals surface area (Å²) in [5.41, 5.74) is 2.77. The van der Waals surface area contributed by atoms with Gasteiger partial charge in [-0.3, -0.25) is 0 Å². The predicted molar refractivity (Wildman–Crippen MR) is 84.5 cm³/mol. The lowest BCUT2D eigenvalue weighted by molar-refractivity contribution is 0.0384. The van der Waals surface area contributed by atoms with Crippen LogP contribution in [-0.4, -0.2) is 16.6 Å². The minimum absolute atomic E-state index is 0.598. The largest absolute Gasteiger partial charge is 0.384 e. The van der Waals surface area contributed by atoms with Gasteiger partial charge in [0.2, 0.25) is 0 Å². The van der Waals surface area contributed by atoms with Crippen LogP contribution in [0.1, 0.15) is 47.0 Å². The van der Waals surface area contributed by atoms with E-state index in [1.54, 1.807) is 11.3 Å². The van der Waals surface area contributed by atoms with Crippen LogP contribution in [0.15, 0.2) is 29.6 Å². The smallest absolute Gasteiger partial charge is 0.103 e. The number of aryl methyl sites for hydroxylation is 1. The Kier molecular flexibility index (Phi) is 3.32. The highest BCUT2D eigenvalue weighted by Crippen LogP contribution is 2.41. The lowest BCUT2D eigenvalue weighted by atomic mass is 9.96. The molecule has 1 aromatic heterocycles. The van der Waals surface area contributed by atoms with E-state index in [1.807, 2.05) is 12.1 Å². The fourth-order valence-electron chi connectivity index (χ4n) is 3.17. The third-order valence-electron chi connectivity index (χ3n) is 4.55. The third-order valence-corrected chi connectivity index (χ3v) is 5.60. The van der Waals surface area contributed by atoms with Gasteiger partial charge >= 0.3 is 0 Å². The molecule has 21 heavy (non-hydrogen) atoms. The first kappa shape index (κ1) is 13.4. The van der Waals surface area contributed by atoms with Crippen molar-refractivity contribution in [3.8, 4) is 0 Å². The number of benzene rings is 1. The molecule has 0 amide bonds. The molecule has 2 aromatic rings.